The summed E-state index contributed by atoms with van der Waals surface area (Å²) < 4.78 is 16.6. The lowest BCUT2D eigenvalue weighted by atomic mass is 9.87. The van der Waals surface area contributed by atoms with Crippen molar-refractivity contribution in [2.45, 2.75) is 70.8 Å². The molecule has 2 aromatic heterocycles. The normalized spacial score (nSPS) is 14.6. The number of nitrogens with one attached hydrogen (secondary N) is 1. The number of rotatable bonds is 9. The molecule has 1 N–H and O–H groups in total. The first kappa shape index (κ1) is 29.6. The predicted molar refractivity (Wildman–Crippen MR) is 163 cm³/mol. The molecule has 1 aliphatic rings. The van der Waals surface area contributed by atoms with E-state index in [1.807, 2.05) is 30.3 Å². The molecule has 2 heterocycles. The van der Waals surface area contributed by atoms with Gasteiger partial charge in [0, 0.05) is 17.5 Å². The van der Waals surface area contributed by atoms with Gasteiger partial charge in [-0.2, -0.15) is 0 Å². The van der Waals surface area contributed by atoms with Crippen LogP contribution < -0.4 is 10.1 Å². The summed E-state index contributed by atoms with van der Waals surface area (Å²) in [5.74, 6) is 1.40. The summed E-state index contributed by atoms with van der Waals surface area (Å²) in [5.41, 5.74) is 2.40. The third-order valence-electron chi connectivity index (χ3n) is 7.85. The van der Waals surface area contributed by atoms with Crippen molar-refractivity contribution in [1.82, 2.24) is 10.3 Å². The van der Waals surface area contributed by atoms with E-state index in [2.05, 4.69) is 38.2 Å². The Morgan fingerprint density at radius 3 is 2.38 bits per heavy atom. The predicted octanol–water partition coefficient (Wildman–Crippen LogP) is 7.82. The first-order valence-corrected chi connectivity index (χ1v) is 14.8. The van der Waals surface area contributed by atoms with E-state index in [4.69, 9.17) is 30.5 Å². The van der Waals surface area contributed by atoms with Crippen molar-refractivity contribution in [2.75, 3.05) is 7.11 Å². The molecule has 0 spiro atoms. The minimum atomic E-state index is -0.957. The molecule has 4 aromatic rings. The smallest absolute Gasteiger partial charge is 0.328 e. The third kappa shape index (κ3) is 7.13. The van der Waals surface area contributed by atoms with Gasteiger partial charge in [-0.3, -0.25) is 4.79 Å². The molecule has 0 saturated heterocycles. The second-order valence-electron chi connectivity index (χ2n) is 12.0. The first-order valence-electron chi connectivity index (χ1n) is 14.4. The summed E-state index contributed by atoms with van der Waals surface area (Å²) in [7, 11) is 1.28. The monoisotopic (exact) mass is 588 g/mol. The molecule has 1 aliphatic carbocycles. The lowest BCUT2D eigenvalue weighted by molar-refractivity contribution is -0.142. The lowest BCUT2D eigenvalue weighted by Crippen LogP contribution is -2.43. The molecule has 1 unspecified atom stereocenters. The van der Waals surface area contributed by atoms with Crippen LogP contribution in [0.5, 0.6) is 11.5 Å². The summed E-state index contributed by atoms with van der Waals surface area (Å²) in [4.78, 5) is 30.8. The molecular weight excluding hydrogens is 552 g/mol. The standard InChI is InChI=1S/C34H37ClN2O5/c1-34(2,3)23-10-13-24(14-11-23)41-25-12-9-22-18-29(36-28(27(22)19-25)17-21-7-5-6-8-21)32(38)37-30(33(39)40-4)20-26-15-16-31(35)42-26/h9-16,18-19,21,30H,5-8,17,20H2,1-4H3,(H,37,38). The minimum Gasteiger partial charge on any atom is -0.467 e. The molecule has 1 saturated carbocycles. The van der Waals surface area contributed by atoms with Crippen LogP contribution in [0.4, 0.5) is 0 Å². The second kappa shape index (κ2) is 12.6. The van der Waals surface area contributed by atoms with Crippen LogP contribution in [0, 0.1) is 5.92 Å². The van der Waals surface area contributed by atoms with E-state index in [-0.39, 0.29) is 22.7 Å². The average Bonchev–Trinajstić information content (AvgIpc) is 3.63. The molecule has 5 rings (SSSR count). The Morgan fingerprint density at radius 2 is 1.74 bits per heavy atom. The summed E-state index contributed by atoms with van der Waals surface area (Å²) >= 11 is 5.89. The number of carbonyl (C=O) groups is 2. The number of aromatic nitrogens is 1. The largest absolute Gasteiger partial charge is 0.467 e. The Labute approximate surface area is 251 Å². The van der Waals surface area contributed by atoms with Crippen molar-refractivity contribution in [3.8, 4) is 11.5 Å². The Bertz CT molecular complexity index is 1570. The maximum atomic E-state index is 13.4. The highest BCUT2D eigenvalue weighted by molar-refractivity contribution is 6.28. The van der Waals surface area contributed by atoms with E-state index in [1.54, 1.807) is 18.2 Å². The molecular formula is C34H37ClN2O5. The van der Waals surface area contributed by atoms with Gasteiger partial charge in [0.2, 0.25) is 0 Å². The van der Waals surface area contributed by atoms with Crippen LogP contribution in [0.25, 0.3) is 10.8 Å². The molecule has 220 valence electrons. The molecule has 2 aromatic carbocycles. The molecule has 1 atom stereocenters. The van der Waals surface area contributed by atoms with Crippen LogP contribution >= 0.6 is 11.6 Å². The maximum Gasteiger partial charge on any atom is 0.328 e. The Morgan fingerprint density at radius 1 is 1.02 bits per heavy atom. The molecule has 1 fully saturated rings. The zero-order chi connectivity index (χ0) is 29.9. The Balaban J connectivity index is 1.43. The number of esters is 1. The summed E-state index contributed by atoms with van der Waals surface area (Å²) in [6.45, 7) is 6.55. The Kier molecular flexibility index (Phi) is 8.88. The minimum absolute atomic E-state index is 0.0651. The van der Waals surface area contributed by atoms with Crippen molar-refractivity contribution in [2.24, 2.45) is 5.92 Å². The summed E-state index contributed by atoms with van der Waals surface area (Å²) in [6.07, 6.45) is 5.58. The van der Waals surface area contributed by atoms with Crippen molar-refractivity contribution >= 4 is 34.2 Å². The number of halogens is 1. The second-order valence-corrected chi connectivity index (χ2v) is 12.4. The quantitative estimate of drug-likeness (QED) is 0.200. The van der Waals surface area contributed by atoms with Crippen molar-refractivity contribution in [3.63, 3.8) is 0 Å². The molecule has 1 amide bonds. The number of hydrogen-bond donors (Lipinski definition) is 1. The van der Waals surface area contributed by atoms with Gasteiger partial charge in [0.15, 0.2) is 5.22 Å². The van der Waals surface area contributed by atoms with E-state index in [1.165, 1.54) is 25.5 Å². The van der Waals surface area contributed by atoms with Crippen molar-refractivity contribution in [1.29, 1.82) is 0 Å². The number of furan rings is 1. The third-order valence-corrected chi connectivity index (χ3v) is 8.06. The topological polar surface area (TPSA) is 90.7 Å². The van der Waals surface area contributed by atoms with Crippen LogP contribution in [0.15, 0.2) is 65.1 Å². The number of nitrogens with zero attached hydrogens (tertiary/aromatic N) is 1. The van der Waals surface area contributed by atoms with Gasteiger partial charge >= 0.3 is 5.97 Å². The first-order chi connectivity index (χ1) is 20.1. The highest BCUT2D eigenvalue weighted by Gasteiger charge is 2.26. The fourth-order valence-corrected chi connectivity index (χ4v) is 5.67. The number of methoxy groups -OCH3 is 1. The molecule has 0 radical (unpaired) electrons. The maximum absolute atomic E-state index is 13.4. The average molecular weight is 589 g/mol. The lowest BCUT2D eigenvalue weighted by Gasteiger charge is -2.19. The number of carbonyl (C=O) groups excluding carboxylic acids is 2. The van der Waals surface area contributed by atoms with Crippen molar-refractivity contribution < 1.29 is 23.5 Å². The highest BCUT2D eigenvalue weighted by Crippen LogP contribution is 2.33. The summed E-state index contributed by atoms with van der Waals surface area (Å²) in [6, 6.07) is 18.1. The zero-order valence-electron chi connectivity index (χ0n) is 24.5. The van der Waals surface area contributed by atoms with Crippen LogP contribution in [0.2, 0.25) is 5.22 Å². The van der Waals surface area contributed by atoms with Crippen LogP contribution in [0.3, 0.4) is 0 Å². The van der Waals surface area contributed by atoms with Gasteiger partial charge in [-0.05, 0) is 82.8 Å². The van der Waals surface area contributed by atoms with E-state index in [9.17, 15) is 9.59 Å². The highest BCUT2D eigenvalue weighted by atomic mass is 35.5. The molecule has 7 nitrogen and oxygen atoms in total. The zero-order valence-corrected chi connectivity index (χ0v) is 25.3. The SMILES string of the molecule is COC(=O)C(Cc1ccc(Cl)o1)NC(=O)c1cc2ccc(Oc3ccc(C(C)(C)C)cc3)cc2c(CC2CCCC2)n1. The van der Waals surface area contributed by atoms with E-state index >= 15 is 0 Å². The van der Waals surface area contributed by atoms with Gasteiger partial charge in [-0.1, -0.05) is 64.7 Å². The molecule has 42 heavy (non-hydrogen) atoms. The number of hydrogen-bond acceptors (Lipinski definition) is 6. The number of fused-ring (bicyclic) bond motifs is 1. The summed E-state index contributed by atoms with van der Waals surface area (Å²) in [5, 5.41) is 4.83. The number of amides is 1. The molecule has 0 bridgehead atoms. The van der Waals surface area contributed by atoms with Gasteiger partial charge in [-0.15, -0.1) is 0 Å². The van der Waals surface area contributed by atoms with Gasteiger partial charge in [0.1, 0.15) is 29.0 Å². The van der Waals surface area contributed by atoms with Crippen molar-refractivity contribution in [3.05, 3.63) is 88.6 Å². The van der Waals surface area contributed by atoms with Gasteiger partial charge in [0.05, 0.1) is 7.11 Å². The van der Waals surface area contributed by atoms with Gasteiger partial charge in [0.25, 0.3) is 5.91 Å². The van der Waals surface area contributed by atoms with Gasteiger partial charge in [-0.25, -0.2) is 9.78 Å². The Hall–Kier alpha value is -3.84. The van der Waals surface area contributed by atoms with Crippen LogP contribution in [-0.4, -0.2) is 30.0 Å². The van der Waals surface area contributed by atoms with E-state index < -0.39 is 17.9 Å². The van der Waals surface area contributed by atoms with Crippen LogP contribution in [-0.2, 0) is 27.8 Å². The van der Waals surface area contributed by atoms with Crippen LogP contribution in [0.1, 0.15) is 74.0 Å². The van der Waals surface area contributed by atoms with E-state index in [0.29, 0.717) is 17.4 Å². The number of benzene rings is 2. The number of pyridine rings is 1. The van der Waals surface area contributed by atoms with E-state index in [0.717, 1.165) is 41.5 Å². The number of ether oxygens (including phenoxy) is 2. The molecule has 0 aliphatic heterocycles. The molecule has 8 heteroatoms. The van der Waals surface area contributed by atoms with Gasteiger partial charge < -0.3 is 19.2 Å². The fraction of sp³-hybridized carbons (Fsp3) is 0.382. The fourth-order valence-electron chi connectivity index (χ4n) is 5.51.